The number of nitrogens with one attached hydrogen (secondary N) is 1. The fourth-order valence-corrected chi connectivity index (χ4v) is 3.87. The van der Waals surface area contributed by atoms with Crippen molar-refractivity contribution < 1.29 is 23.6 Å². The second kappa shape index (κ2) is 9.45. The Hall–Kier alpha value is -3.66. The first-order valence-electron chi connectivity index (χ1n) is 10.7. The van der Waals surface area contributed by atoms with Crippen LogP contribution in [0.2, 0.25) is 0 Å². The van der Waals surface area contributed by atoms with Crippen LogP contribution in [-0.2, 0) is 25.7 Å². The molecule has 0 saturated carbocycles. The van der Waals surface area contributed by atoms with Gasteiger partial charge in [-0.05, 0) is 35.4 Å². The number of ketones is 1. The highest BCUT2D eigenvalue weighted by molar-refractivity contribution is 6.47. The van der Waals surface area contributed by atoms with Crippen molar-refractivity contribution in [2.24, 2.45) is 4.99 Å². The molecule has 1 fully saturated rings. The fourth-order valence-electron chi connectivity index (χ4n) is 3.87. The third-order valence-electron chi connectivity index (χ3n) is 5.79. The Labute approximate surface area is 190 Å². The van der Waals surface area contributed by atoms with Crippen LogP contribution in [0.25, 0.3) is 0 Å². The molecule has 1 aromatic rings. The second-order valence-corrected chi connectivity index (χ2v) is 8.09. The number of amides is 3. The first-order valence-corrected chi connectivity index (χ1v) is 10.7. The van der Waals surface area contributed by atoms with Gasteiger partial charge in [0.2, 0.25) is 5.91 Å². The fraction of sp³-hybridized carbons (Fsp3) is 0.348. The van der Waals surface area contributed by atoms with Crippen LogP contribution in [0.4, 0.5) is 4.39 Å². The lowest BCUT2D eigenvalue weighted by molar-refractivity contribution is -0.144. The molecule has 0 radical (unpaired) electrons. The highest BCUT2D eigenvalue weighted by Crippen LogP contribution is 2.18. The van der Waals surface area contributed by atoms with Crippen molar-refractivity contribution in [1.29, 1.82) is 0 Å². The quantitative estimate of drug-likeness (QED) is 0.508. The van der Waals surface area contributed by atoms with Gasteiger partial charge in [0.25, 0.3) is 11.7 Å². The van der Waals surface area contributed by atoms with E-state index in [9.17, 15) is 23.6 Å². The maximum absolute atomic E-state index is 13.0. The van der Waals surface area contributed by atoms with E-state index in [-0.39, 0.29) is 18.3 Å². The van der Waals surface area contributed by atoms with Crippen LogP contribution in [0.1, 0.15) is 12.5 Å². The van der Waals surface area contributed by atoms with Gasteiger partial charge in [0, 0.05) is 52.4 Å². The van der Waals surface area contributed by atoms with E-state index in [2.05, 4.69) is 15.2 Å². The first kappa shape index (κ1) is 22.5. The zero-order valence-electron chi connectivity index (χ0n) is 18.2. The Morgan fingerprint density at radius 3 is 2.48 bits per heavy atom. The largest absolute Gasteiger partial charge is 0.350 e. The Morgan fingerprint density at radius 1 is 1.12 bits per heavy atom. The molecule has 10 heteroatoms. The number of nitrogens with zero attached hydrogens (tertiary/aromatic N) is 4. The van der Waals surface area contributed by atoms with Crippen molar-refractivity contribution >= 4 is 29.3 Å². The minimum atomic E-state index is -1.47. The number of fused-ring (bicyclic) bond motifs is 1. The van der Waals surface area contributed by atoms with E-state index >= 15 is 0 Å². The van der Waals surface area contributed by atoms with Gasteiger partial charge >= 0.3 is 5.91 Å². The summed E-state index contributed by atoms with van der Waals surface area (Å²) in [5, 5.41) is 2.59. The summed E-state index contributed by atoms with van der Waals surface area (Å²) in [4.78, 5) is 58.4. The lowest BCUT2D eigenvalue weighted by Gasteiger charge is -2.35. The van der Waals surface area contributed by atoms with Gasteiger partial charge in [-0.15, -0.1) is 0 Å². The van der Waals surface area contributed by atoms with Gasteiger partial charge < -0.3 is 10.2 Å². The maximum atomic E-state index is 13.0. The Morgan fingerprint density at radius 2 is 1.82 bits per heavy atom. The summed E-state index contributed by atoms with van der Waals surface area (Å²) in [5.74, 6) is -2.50. The highest BCUT2D eigenvalue weighted by Gasteiger charge is 2.40. The molecule has 1 unspecified atom stereocenters. The van der Waals surface area contributed by atoms with Gasteiger partial charge in [0.15, 0.2) is 6.04 Å². The lowest BCUT2D eigenvalue weighted by Crippen LogP contribution is -2.52. The van der Waals surface area contributed by atoms with E-state index in [1.807, 2.05) is 0 Å². The molecule has 4 rings (SSSR count). The van der Waals surface area contributed by atoms with Gasteiger partial charge in [-0.3, -0.25) is 29.0 Å². The van der Waals surface area contributed by atoms with Crippen LogP contribution in [-0.4, -0.2) is 82.8 Å². The Kier molecular flexibility index (Phi) is 6.45. The van der Waals surface area contributed by atoms with Crippen LogP contribution in [0.15, 0.2) is 53.2 Å². The molecule has 3 heterocycles. The summed E-state index contributed by atoms with van der Waals surface area (Å²) in [6, 6.07) is 4.13. The standard InChI is InChI=1S/C23H24FN5O4/c1-15(30)28-10-8-27(9-11-28)14-17-6-7-29-19(12-17)26-20(21(31)23(29)33)22(32)25-13-16-2-4-18(24)5-3-16/h2-7,12,20H,8-11,13-14H2,1H3,(H,25,32). The molecule has 9 nitrogen and oxygen atoms in total. The predicted molar refractivity (Wildman–Crippen MR) is 117 cm³/mol. The van der Waals surface area contributed by atoms with Gasteiger partial charge in [-0.2, -0.15) is 0 Å². The number of carbonyl (C=O) groups is 4. The summed E-state index contributed by atoms with van der Waals surface area (Å²) in [5.41, 5.74) is 1.54. The molecule has 172 valence electrons. The van der Waals surface area contributed by atoms with E-state index in [0.29, 0.717) is 25.2 Å². The van der Waals surface area contributed by atoms with Crippen LogP contribution >= 0.6 is 0 Å². The van der Waals surface area contributed by atoms with Crippen LogP contribution in [0.5, 0.6) is 0 Å². The molecule has 3 amide bonds. The Bertz CT molecular complexity index is 1070. The van der Waals surface area contributed by atoms with Crippen molar-refractivity contribution in [3.05, 3.63) is 59.6 Å². The molecule has 0 aliphatic carbocycles. The van der Waals surface area contributed by atoms with Gasteiger partial charge in [-0.25, -0.2) is 9.38 Å². The number of rotatable bonds is 5. The Balaban J connectivity index is 1.43. The number of halogens is 1. The van der Waals surface area contributed by atoms with Crippen LogP contribution in [0.3, 0.4) is 0 Å². The number of amidine groups is 1. The van der Waals surface area contributed by atoms with Gasteiger partial charge in [-0.1, -0.05) is 12.1 Å². The molecule has 1 atom stereocenters. The normalized spacial score (nSPS) is 20.8. The van der Waals surface area contributed by atoms with Crippen molar-refractivity contribution in [2.75, 3.05) is 32.7 Å². The number of benzene rings is 1. The van der Waals surface area contributed by atoms with Crippen molar-refractivity contribution in [3.8, 4) is 0 Å². The molecule has 0 spiro atoms. The summed E-state index contributed by atoms with van der Waals surface area (Å²) in [7, 11) is 0. The van der Waals surface area contributed by atoms with Gasteiger partial charge in [0.1, 0.15) is 11.7 Å². The van der Waals surface area contributed by atoms with Crippen molar-refractivity contribution in [1.82, 2.24) is 20.0 Å². The molecule has 0 aromatic heterocycles. The first-order chi connectivity index (χ1) is 15.8. The SMILES string of the molecule is CC(=O)N1CCN(CC2=CC3=NC(C(=O)NCc4ccc(F)cc4)C(=O)C(=O)N3C=C2)CC1. The molecular weight excluding hydrogens is 429 g/mol. The van der Waals surface area contributed by atoms with E-state index in [1.54, 1.807) is 24.0 Å². The van der Waals surface area contributed by atoms with Crippen LogP contribution < -0.4 is 5.32 Å². The molecular formula is C23H24FN5O4. The smallest absolute Gasteiger partial charge is 0.302 e. The number of hydrogen-bond acceptors (Lipinski definition) is 6. The lowest BCUT2D eigenvalue weighted by atomic mass is 10.1. The number of hydrogen-bond donors (Lipinski definition) is 1. The maximum Gasteiger partial charge on any atom is 0.302 e. The summed E-state index contributed by atoms with van der Waals surface area (Å²) in [6.07, 6.45) is 4.94. The average Bonchev–Trinajstić information content (AvgIpc) is 2.81. The van der Waals surface area contributed by atoms with Gasteiger partial charge in [0.05, 0.1) is 0 Å². The zero-order valence-corrected chi connectivity index (χ0v) is 18.2. The highest BCUT2D eigenvalue weighted by atomic mass is 19.1. The second-order valence-electron chi connectivity index (χ2n) is 8.09. The number of Topliss-reactive ketones (excluding diaryl/α,β-unsaturated/α-hetero) is 1. The molecule has 33 heavy (non-hydrogen) atoms. The van der Waals surface area contributed by atoms with Crippen molar-refractivity contribution in [3.63, 3.8) is 0 Å². The summed E-state index contributed by atoms with van der Waals surface area (Å²) >= 11 is 0. The number of piperazine rings is 1. The third kappa shape index (κ3) is 5.06. The monoisotopic (exact) mass is 453 g/mol. The minimum Gasteiger partial charge on any atom is -0.350 e. The molecule has 0 bridgehead atoms. The average molecular weight is 453 g/mol. The number of carbonyl (C=O) groups excluding carboxylic acids is 4. The van der Waals surface area contributed by atoms with Crippen LogP contribution in [0, 0.1) is 5.82 Å². The van der Waals surface area contributed by atoms with Crippen molar-refractivity contribution in [2.45, 2.75) is 19.5 Å². The molecule has 3 aliphatic heterocycles. The molecule has 3 aliphatic rings. The molecule has 1 N–H and O–H groups in total. The molecule has 1 saturated heterocycles. The van der Waals surface area contributed by atoms with E-state index < -0.39 is 29.5 Å². The summed E-state index contributed by atoms with van der Waals surface area (Å²) < 4.78 is 13.0. The van der Waals surface area contributed by atoms with E-state index in [4.69, 9.17) is 0 Å². The third-order valence-corrected chi connectivity index (χ3v) is 5.79. The minimum absolute atomic E-state index is 0.0607. The predicted octanol–water partition coefficient (Wildman–Crippen LogP) is 0.238. The van der Waals surface area contributed by atoms with E-state index in [1.165, 1.54) is 30.5 Å². The zero-order chi connectivity index (χ0) is 23.5. The topological polar surface area (TPSA) is 102 Å². The van der Waals surface area contributed by atoms with E-state index in [0.717, 1.165) is 23.6 Å². The summed E-state index contributed by atoms with van der Waals surface area (Å²) in [6.45, 7) is 5.00. The number of aliphatic imine (C=N–C) groups is 1. The molecule has 1 aromatic carbocycles.